The molecule has 1 aromatic carbocycles. The summed E-state index contributed by atoms with van der Waals surface area (Å²) in [6.07, 6.45) is 1.10. The summed E-state index contributed by atoms with van der Waals surface area (Å²) in [5.41, 5.74) is 1.10. The third-order valence-corrected chi connectivity index (χ3v) is 4.12. The van der Waals surface area contributed by atoms with E-state index < -0.39 is 0 Å². The van der Waals surface area contributed by atoms with E-state index in [0.29, 0.717) is 6.04 Å². The number of nitrogens with zero attached hydrogens (tertiary/aromatic N) is 3. The van der Waals surface area contributed by atoms with Crippen molar-refractivity contribution < 1.29 is 0 Å². The number of rotatable bonds is 6. The largest absolute Gasteiger partial charge is 0.299 e. The minimum absolute atomic E-state index is 0.264. The SMILES string of the molecule is CCC(C1CN(N)C(c2ccccc2)=N1)N(CC)CC. The second kappa shape index (κ2) is 6.86. The number of benzene rings is 1. The smallest absolute Gasteiger partial charge is 0.145 e. The van der Waals surface area contributed by atoms with Crippen LogP contribution >= 0.6 is 0 Å². The number of amidine groups is 1. The average Bonchev–Trinajstić information content (AvgIpc) is 2.87. The molecule has 0 aliphatic carbocycles. The Bertz CT molecular complexity index is 439. The van der Waals surface area contributed by atoms with Crippen molar-refractivity contribution in [2.24, 2.45) is 10.8 Å². The Balaban J connectivity index is 2.21. The monoisotopic (exact) mass is 274 g/mol. The van der Waals surface area contributed by atoms with E-state index in [0.717, 1.165) is 37.5 Å². The highest BCUT2D eigenvalue weighted by Gasteiger charge is 2.31. The van der Waals surface area contributed by atoms with Gasteiger partial charge in [0, 0.05) is 11.6 Å². The zero-order chi connectivity index (χ0) is 14.5. The van der Waals surface area contributed by atoms with Crippen LogP contribution in [0.3, 0.4) is 0 Å². The standard InChI is InChI=1S/C16H26N4/c1-4-15(19(5-2)6-3)14-12-20(17)16(18-14)13-10-8-7-9-11-13/h7-11,14-15H,4-6,12,17H2,1-3H3. The predicted octanol–water partition coefficient (Wildman–Crippen LogP) is 2.11. The van der Waals surface area contributed by atoms with Gasteiger partial charge in [0.25, 0.3) is 0 Å². The number of hydrazine groups is 1. The highest BCUT2D eigenvalue weighted by molar-refractivity contribution is 5.99. The molecule has 2 atom stereocenters. The van der Waals surface area contributed by atoms with Crippen LogP contribution < -0.4 is 5.84 Å². The minimum Gasteiger partial charge on any atom is -0.299 e. The molecule has 1 aliphatic rings. The first-order chi connectivity index (χ1) is 9.71. The van der Waals surface area contributed by atoms with Crippen LogP contribution in [0.15, 0.2) is 35.3 Å². The van der Waals surface area contributed by atoms with Crippen LogP contribution in [0.5, 0.6) is 0 Å². The third kappa shape index (κ3) is 3.02. The van der Waals surface area contributed by atoms with Crippen molar-refractivity contribution in [2.45, 2.75) is 39.3 Å². The molecule has 20 heavy (non-hydrogen) atoms. The molecule has 2 N–H and O–H groups in total. The summed E-state index contributed by atoms with van der Waals surface area (Å²) in [5.74, 6) is 7.08. The molecule has 1 heterocycles. The van der Waals surface area contributed by atoms with Crippen LogP contribution in [0.1, 0.15) is 32.8 Å². The maximum absolute atomic E-state index is 6.16. The summed E-state index contributed by atoms with van der Waals surface area (Å²) < 4.78 is 0. The number of nitrogens with two attached hydrogens (primary N) is 1. The van der Waals surface area contributed by atoms with Crippen LogP contribution in [0.2, 0.25) is 0 Å². The van der Waals surface area contributed by atoms with Gasteiger partial charge in [-0.3, -0.25) is 14.9 Å². The molecule has 0 fully saturated rings. The van der Waals surface area contributed by atoms with Crippen LogP contribution in [-0.4, -0.2) is 47.5 Å². The Kier molecular flexibility index (Phi) is 5.15. The topological polar surface area (TPSA) is 44.9 Å². The van der Waals surface area contributed by atoms with Crippen molar-refractivity contribution in [3.8, 4) is 0 Å². The van der Waals surface area contributed by atoms with Crippen molar-refractivity contribution in [3.05, 3.63) is 35.9 Å². The van der Waals surface area contributed by atoms with E-state index in [4.69, 9.17) is 10.8 Å². The molecular weight excluding hydrogens is 248 g/mol. The van der Waals surface area contributed by atoms with Crippen LogP contribution in [-0.2, 0) is 0 Å². The third-order valence-electron chi connectivity index (χ3n) is 4.12. The normalized spacial score (nSPS) is 20.4. The van der Waals surface area contributed by atoms with Gasteiger partial charge >= 0.3 is 0 Å². The number of likely N-dealkylation sites (N-methyl/N-ethyl adjacent to an activating group) is 1. The molecule has 0 saturated heterocycles. The van der Waals surface area contributed by atoms with Crippen LogP contribution in [0.4, 0.5) is 0 Å². The van der Waals surface area contributed by atoms with Crippen molar-refractivity contribution in [1.29, 1.82) is 0 Å². The van der Waals surface area contributed by atoms with Gasteiger partial charge in [-0.2, -0.15) is 0 Å². The summed E-state index contributed by atoms with van der Waals surface area (Å²) in [6.45, 7) is 9.59. The molecular formula is C16H26N4. The highest BCUT2D eigenvalue weighted by Crippen LogP contribution is 2.20. The zero-order valence-electron chi connectivity index (χ0n) is 12.8. The summed E-state index contributed by atoms with van der Waals surface area (Å²) in [5, 5.41) is 1.80. The fourth-order valence-corrected chi connectivity index (χ4v) is 3.06. The molecule has 0 aromatic heterocycles. The molecule has 0 radical (unpaired) electrons. The van der Waals surface area contributed by atoms with Gasteiger partial charge in [-0.15, -0.1) is 0 Å². The summed E-state index contributed by atoms with van der Waals surface area (Å²) >= 11 is 0. The number of hydrogen-bond acceptors (Lipinski definition) is 4. The lowest BCUT2D eigenvalue weighted by Crippen LogP contribution is -2.45. The molecule has 2 unspecified atom stereocenters. The van der Waals surface area contributed by atoms with Crippen molar-refractivity contribution >= 4 is 5.84 Å². The zero-order valence-corrected chi connectivity index (χ0v) is 12.8. The average molecular weight is 274 g/mol. The lowest BCUT2D eigenvalue weighted by atomic mass is 10.0. The fourth-order valence-electron chi connectivity index (χ4n) is 3.06. The molecule has 4 heteroatoms. The van der Waals surface area contributed by atoms with E-state index >= 15 is 0 Å². The predicted molar refractivity (Wildman–Crippen MR) is 84.7 cm³/mol. The van der Waals surface area contributed by atoms with Crippen molar-refractivity contribution in [3.63, 3.8) is 0 Å². The molecule has 1 aliphatic heterocycles. The van der Waals surface area contributed by atoms with E-state index in [1.54, 1.807) is 5.01 Å². The van der Waals surface area contributed by atoms with Crippen molar-refractivity contribution in [1.82, 2.24) is 9.91 Å². The molecule has 0 saturated carbocycles. The summed E-state index contributed by atoms with van der Waals surface area (Å²) in [7, 11) is 0. The highest BCUT2D eigenvalue weighted by atomic mass is 15.5. The van der Waals surface area contributed by atoms with Gasteiger partial charge in [0.2, 0.25) is 0 Å². The molecule has 4 nitrogen and oxygen atoms in total. The van der Waals surface area contributed by atoms with Gasteiger partial charge < -0.3 is 0 Å². The summed E-state index contributed by atoms with van der Waals surface area (Å²) in [4.78, 5) is 7.39. The van der Waals surface area contributed by atoms with E-state index in [9.17, 15) is 0 Å². The van der Waals surface area contributed by atoms with Crippen LogP contribution in [0, 0.1) is 0 Å². The molecule has 1 aromatic rings. The molecule has 0 amide bonds. The Morgan fingerprint density at radius 2 is 1.90 bits per heavy atom. The van der Waals surface area contributed by atoms with E-state index in [2.05, 4.69) is 37.8 Å². The lowest BCUT2D eigenvalue weighted by Gasteiger charge is -2.31. The van der Waals surface area contributed by atoms with Gasteiger partial charge in [-0.1, -0.05) is 51.1 Å². The molecule has 110 valence electrons. The Labute approximate surface area is 122 Å². The quantitative estimate of drug-likeness (QED) is 0.808. The van der Waals surface area contributed by atoms with Gasteiger partial charge in [0.05, 0.1) is 12.6 Å². The molecule has 0 bridgehead atoms. The van der Waals surface area contributed by atoms with E-state index in [-0.39, 0.29) is 6.04 Å². The minimum atomic E-state index is 0.264. The van der Waals surface area contributed by atoms with E-state index in [1.807, 2.05) is 18.2 Å². The van der Waals surface area contributed by atoms with Gasteiger partial charge in [0.1, 0.15) is 5.84 Å². The van der Waals surface area contributed by atoms with Gasteiger partial charge in [-0.25, -0.2) is 5.84 Å². The Morgan fingerprint density at radius 3 is 2.45 bits per heavy atom. The second-order valence-corrected chi connectivity index (χ2v) is 5.24. The lowest BCUT2D eigenvalue weighted by molar-refractivity contribution is 0.178. The van der Waals surface area contributed by atoms with Gasteiger partial charge in [-0.05, 0) is 19.5 Å². The first kappa shape index (κ1) is 15.0. The Hall–Kier alpha value is -1.39. The molecule has 2 rings (SSSR count). The van der Waals surface area contributed by atoms with E-state index in [1.165, 1.54) is 0 Å². The van der Waals surface area contributed by atoms with Crippen LogP contribution in [0.25, 0.3) is 0 Å². The maximum Gasteiger partial charge on any atom is 0.145 e. The molecule has 0 spiro atoms. The fraction of sp³-hybridized carbons (Fsp3) is 0.562. The maximum atomic E-state index is 6.16. The Morgan fingerprint density at radius 1 is 1.25 bits per heavy atom. The van der Waals surface area contributed by atoms with Gasteiger partial charge in [0.15, 0.2) is 0 Å². The van der Waals surface area contributed by atoms with Crippen molar-refractivity contribution in [2.75, 3.05) is 19.6 Å². The first-order valence-corrected chi connectivity index (χ1v) is 7.60. The number of hydrogen-bond donors (Lipinski definition) is 1. The first-order valence-electron chi connectivity index (χ1n) is 7.60. The summed E-state index contributed by atoms with van der Waals surface area (Å²) in [6, 6.07) is 10.9. The second-order valence-electron chi connectivity index (χ2n) is 5.24. The number of aliphatic imine (C=N–C) groups is 1.